The third-order valence-corrected chi connectivity index (χ3v) is 7.67. The van der Waals surface area contributed by atoms with Gasteiger partial charge in [0.1, 0.15) is 5.58 Å². The summed E-state index contributed by atoms with van der Waals surface area (Å²) in [6, 6.07) is 33.0. The largest absolute Gasteiger partial charge is 0.454 e. The third kappa shape index (κ3) is 3.21. The molecule has 0 amide bonds. The first-order valence-electron chi connectivity index (χ1n) is 13.2. The van der Waals surface area contributed by atoms with E-state index in [1.54, 1.807) is 0 Å². The number of nitrogens with zero attached hydrogens (tertiary/aromatic N) is 4. The summed E-state index contributed by atoms with van der Waals surface area (Å²) in [5, 5.41) is 3.47. The van der Waals surface area contributed by atoms with Crippen molar-refractivity contribution in [3.63, 3.8) is 0 Å². The van der Waals surface area contributed by atoms with Gasteiger partial charge in [0.15, 0.2) is 17.2 Å². The van der Waals surface area contributed by atoms with Gasteiger partial charge in [-0.1, -0.05) is 84.9 Å². The van der Waals surface area contributed by atoms with E-state index in [0.717, 1.165) is 57.8 Å². The molecule has 8 rings (SSSR count). The molecule has 3 aromatic heterocycles. The van der Waals surface area contributed by atoms with Crippen molar-refractivity contribution >= 4 is 32.8 Å². The molecule has 182 valence electrons. The standard InChI is InChI=1S/C33H24N4O/c1-3-11-21(12-4-1)31-34-32(22-13-5-2-6-14-22)36-33(35-31)37-27-17-9-7-15-23(27)25-19-20-26-24-16-8-10-18-28(24)38-30(26)29(25)37/h1-6,8,10-14,16,18-20H,7,9,15,17H2. The number of hydrogen-bond acceptors (Lipinski definition) is 4. The smallest absolute Gasteiger partial charge is 0.238 e. The minimum absolute atomic E-state index is 0.638. The maximum atomic E-state index is 6.54. The van der Waals surface area contributed by atoms with Crippen LogP contribution in [0.15, 0.2) is 101 Å². The van der Waals surface area contributed by atoms with Gasteiger partial charge in [-0.05, 0) is 43.4 Å². The van der Waals surface area contributed by atoms with Gasteiger partial charge in [0.2, 0.25) is 5.95 Å². The zero-order chi connectivity index (χ0) is 25.1. The van der Waals surface area contributed by atoms with Crippen molar-refractivity contribution in [3.8, 4) is 28.7 Å². The highest BCUT2D eigenvalue weighted by molar-refractivity contribution is 6.15. The molecule has 0 N–H and O–H groups in total. The van der Waals surface area contributed by atoms with Crippen LogP contribution in [-0.4, -0.2) is 19.5 Å². The number of fused-ring (bicyclic) bond motifs is 7. The van der Waals surface area contributed by atoms with E-state index in [4.69, 9.17) is 19.4 Å². The van der Waals surface area contributed by atoms with Crippen LogP contribution < -0.4 is 0 Å². The van der Waals surface area contributed by atoms with Crippen molar-refractivity contribution in [2.24, 2.45) is 0 Å². The second-order valence-electron chi connectivity index (χ2n) is 9.92. The van der Waals surface area contributed by atoms with Crippen LogP contribution in [0.4, 0.5) is 0 Å². The van der Waals surface area contributed by atoms with Crippen LogP contribution in [0, 0.1) is 0 Å². The molecule has 1 aliphatic carbocycles. The molecule has 5 nitrogen and oxygen atoms in total. The van der Waals surface area contributed by atoms with E-state index < -0.39 is 0 Å². The predicted octanol–water partition coefficient (Wildman–Crippen LogP) is 7.93. The van der Waals surface area contributed by atoms with E-state index >= 15 is 0 Å². The molecule has 0 aliphatic heterocycles. The molecule has 0 radical (unpaired) electrons. The van der Waals surface area contributed by atoms with Crippen molar-refractivity contribution in [3.05, 3.63) is 108 Å². The first-order valence-corrected chi connectivity index (χ1v) is 13.2. The predicted molar refractivity (Wildman–Crippen MR) is 151 cm³/mol. The quantitative estimate of drug-likeness (QED) is 0.251. The Morgan fingerprint density at radius 1 is 0.579 bits per heavy atom. The fourth-order valence-electron chi connectivity index (χ4n) is 5.92. The molecule has 0 saturated carbocycles. The summed E-state index contributed by atoms with van der Waals surface area (Å²) >= 11 is 0. The van der Waals surface area contributed by atoms with Crippen LogP contribution in [0.1, 0.15) is 24.1 Å². The van der Waals surface area contributed by atoms with E-state index in [9.17, 15) is 0 Å². The van der Waals surface area contributed by atoms with Gasteiger partial charge in [0.25, 0.3) is 0 Å². The Morgan fingerprint density at radius 3 is 1.95 bits per heavy atom. The summed E-state index contributed by atoms with van der Waals surface area (Å²) < 4.78 is 8.80. The summed E-state index contributed by atoms with van der Waals surface area (Å²) in [5.74, 6) is 1.97. The molecule has 0 bridgehead atoms. The third-order valence-electron chi connectivity index (χ3n) is 7.67. The van der Waals surface area contributed by atoms with Crippen molar-refractivity contribution in [2.45, 2.75) is 25.7 Å². The molecule has 0 saturated heterocycles. The topological polar surface area (TPSA) is 56.7 Å². The minimum atomic E-state index is 0.638. The first kappa shape index (κ1) is 21.3. The minimum Gasteiger partial charge on any atom is -0.454 e. The second-order valence-corrected chi connectivity index (χ2v) is 9.92. The molecular formula is C33H24N4O. The number of hydrogen-bond donors (Lipinski definition) is 0. The van der Waals surface area contributed by atoms with E-state index in [-0.39, 0.29) is 0 Å². The van der Waals surface area contributed by atoms with Gasteiger partial charge < -0.3 is 4.42 Å². The fourth-order valence-corrected chi connectivity index (χ4v) is 5.92. The molecule has 4 aromatic carbocycles. The number of aryl methyl sites for hydroxylation is 1. The number of para-hydroxylation sites is 1. The average Bonchev–Trinajstić information content (AvgIpc) is 3.54. The van der Waals surface area contributed by atoms with E-state index in [1.807, 2.05) is 48.5 Å². The Hall–Kier alpha value is -4.77. The lowest BCUT2D eigenvalue weighted by Gasteiger charge is -2.16. The van der Waals surface area contributed by atoms with Gasteiger partial charge in [-0.2, -0.15) is 9.97 Å². The lowest BCUT2D eigenvalue weighted by atomic mass is 9.95. The summed E-state index contributed by atoms with van der Waals surface area (Å²) in [5.41, 5.74) is 7.43. The van der Waals surface area contributed by atoms with Crippen LogP contribution in [0.5, 0.6) is 0 Å². The fraction of sp³-hybridized carbons (Fsp3) is 0.121. The molecule has 5 heteroatoms. The highest BCUT2D eigenvalue weighted by atomic mass is 16.3. The zero-order valence-corrected chi connectivity index (χ0v) is 20.8. The molecule has 0 atom stereocenters. The molecule has 0 unspecified atom stereocenters. The summed E-state index contributed by atoms with van der Waals surface area (Å²) in [4.78, 5) is 15.1. The van der Waals surface area contributed by atoms with Crippen LogP contribution in [0.25, 0.3) is 61.6 Å². The van der Waals surface area contributed by atoms with Crippen LogP contribution in [-0.2, 0) is 12.8 Å². The van der Waals surface area contributed by atoms with Gasteiger partial charge in [-0.15, -0.1) is 0 Å². The zero-order valence-electron chi connectivity index (χ0n) is 20.8. The Bertz CT molecular complexity index is 1910. The van der Waals surface area contributed by atoms with Gasteiger partial charge in [-0.25, -0.2) is 4.98 Å². The molecule has 0 spiro atoms. The highest BCUT2D eigenvalue weighted by Crippen LogP contribution is 2.41. The number of rotatable bonds is 3. The Labute approximate surface area is 219 Å². The van der Waals surface area contributed by atoms with E-state index in [2.05, 4.69) is 53.1 Å². The van der Waals surface area contributed by atoms with Crippen molar-refractivity contribution in [1.29, 1.82) is 0 Å². The van der Waals surface area contributed by atoms with Crippen LogP contribution in [0.3, 0.4) is 0 Å². The van der Waals surface area contributed by atoms with Crippen molar-refractivity contribution in [1.82, 2.24) is 19.5 Å². The van der Waals surface area contributed by atoms with Crippen molar-refractivity contribution < 1.29 is 4.42 Å². The maximum absolute atomic E-state index is 6.54. The number of furan rings is 1. The number of benzene rings is 4. The highest BCUT2D eigenvalue weighted by Gasteiger charge is 2.26. The molecule has 3 heterocycles. The summed E-state index contributed by atoms with van der Waals surface area (Å²) in [7, 11) is 0. The van der Waals surface area contributed by atoms with Crippen molar-refractivity contribution in [2.75, 3.05) is 0 Å². The van der Waals surface area contributed by atoms with Gasteiger partial charge in [-0.3, -0.25) is 4.57 Å². The van der Waals surface area contributed by atoms with Crippen LogP contribution >= 0.6 is 0 Å². The Balaban J connectivity index is 1.49. The van der Waals surface area contributed by atoms with Gasteiger partial charge in [0, 0.05) is 33.0 Å². The average molecular weight is 493 g/mol. The lowest BCUT2D eigenvalue weighted by molar-refractivity contribution is 0.656. The van der Waals surface area contributed by atoms with E-state index in [1.165, 1.54) is 23.1 Å². The molecule has 7 aromatic rings. The SMILES string of the molecule is c1ccc(-c2nc(-c3ccccc3)nc(-n3c4c(c5ccc6c7ccccc7oc6c53)CCCC4)n2)cc1. The Kier molecular flexibility index (Phi) is 4.71. The maximum Gasteiger partial charge on any atom is 0.238 e. The van der Waals surface area contributed by atoms with Gasteiger partial charge >= 0.3 is 0 Å². The number of aromatic nitrogens is 4. The molecule has 1 aliphatic rings. The second kappa shape index (κ2) is 8.38. The summed E-state index contributed by atoms with van der Waals surface area (Å²) in [6.45, 7) is 0. The lowest BCUT2D eigenvalue weighted by Crippen LogP contribution is -2.11. The monoisotopic (exact) mass is 492 g/mol. The Morgan fingerprint density at radius 2 is 1.21 bits per heavy atom. The molecule has 0 fully saturated rings. The molecule has 38 heavy (non-hydrogen) atoms. The molecular weight excluding hydrogens is 468 g/mol. The summed E-state index contributed by atoms with van der Waals surface area (Å²) in [6.07, 6.45) is 4.37. The van der Waals surface area contributed by atoms with E-state index in [0.29, 0.717) is 17.6 Å². The van der Waals surface area contributed by atoms with Crippen LogP contribution in [0.2, 0.25) is 0 Å². The normalized spacial score (nSPS) is 13.4. The first-order chi connectivity index (χ1) is 18.8. The van der Waals surface area contributed by atoms with Gasteiger partial charge in [0.05, 0.1) is 5.52 Å².